The molecule has 4 amide bonds. The highest BCUT2D eigenvalue weighted by atomic mass is 32.2. The first-order chi connectivity index (χ1) is 14.0. The van der Waals surface area contributed by atoms with Crippen molar-refractivity contribution in [2.24, 2.45) is 0 Å². The predicted octanol–water partition coefficient (Wildman–Crippen LogP) is 3.86. The van der Waals surface area contributed by atoms with Crippen molar-refractivity contribution in [3.05, 3.63) is 65.2 Å². The fourth-order valence-electron chi connectivity index (χ4n) is 3.33. The Bertz CT molecular complexity index is 958. The van der Waals surface area contributed by atoms with Gasteiger partial charge in [-0.15, -0.1) is 23.5 Å². The first-order valence-corrected chi connectivity index (χ1v) is 11.4. The summed E-state index contributed by atoms with van der Waals surface area (Å²) in [5.74, 6) is 1.71. The van der Waals surface area contributed by atoms with E-state index in [0.29, 0.717) is 21.4 Å². The van der Waals surface area contributed by atoms with Crippen molar-refractivity contribution in [2.45, 2.75) is 23.5 Å². The summed E-state index contributed by atoms with van der Waals surface area (Å²) in [7, 11) is 0. The Balaban J connectivity index is 1.47. The topological polar surface area (TPSA) is 87.3 Å². The minimum Gasteiger partial charge on any atom is -0.322 e. The number of rotatable bonds is 4. The Labute approximate surface area is 177 Å². The van der Waals surface area contributed by atoms with Crippen molar-refractivity contribution >= 4 is 47.1 Å². The van der Waals surface area contributed by atoms with Gasteiger partial charge in [-0.1, -0.05) is 24.3 Å². The van der Waals surface area contributed by atoms with Crippen LogP contribution in [-0.2, 0) is 10.3 Å². The van der Waals surface area contributed by atoms with Crippen molar-refractivity contribution in [1.29, 1.82) is 0 Å². The molecule has 0 radical (unpaired) electrons. The molecule has 2 heterocycles. The molecular formula is C21H21N3O3S2. The number of carbonyl (C=O) groups excluding carboxylic acids is 3. The minimum absolute atomic E-state index is 0.220. The summed E-state index contributed by atoms with van der Waals surface area (Å²) < 4.78 is 0.436. The van der Waals surface area contributed by atoms with E-state index in [1.807, 2.05) is 47.8 Å². The van der Waals surface area contributed by atoms with Gasteiger partial charge in [0.15, 0.2) is 0 Å². The number of hydrogen-bond acceptors (Lipinski definition) is 5. The van der Waals surface area contributed by atoms with E-state index in [4.69, 9.17) is 0 Å². The zero-order valence-corrected chi connectivity index (χ0v) is 17.5. The first-order valence-electron chi connectivity index (χ1n) is 9.34. The molecule has 2 aromatic rings. The first kappa shape index (κ1) is 19.8. The molecule has 2 saturated heterocycles. The van der Waals surface area contributed by atoms with Gasteiger partial charge in [-0.2, -0.15) is 0 Å². The molecule has 3 N–H and O–H groups in total. The molecule has 6 nitrogen and oxygen atoms in total. The number of hydrogen-bond donors (Lipinski definition) is 3. The highest BCUT2D eigenvalue weighted by molar-refractivity contribution is 8.16. The molecule has 0 aromatic heterocycles. The van der Waals surface area contributed by atoms with E-state index in [1.54, 1.807) is 31.2 Å². The van der Waals surface area contributed by atoms with Crippen LogP contribution in [0.25, 0.3) is 0 Å². The zero-order chi connectivity index (χ0) is 20.4. The Morgan fingerprint density at radius 2 is 1.83 bits per heavy atom. The van der Waals surface area contributed by atoms with Gasteiger partial charge in [0.2, 0.25) is 0 Å². The highest BCUT2D eigenvalue weighted by Crippen LogP contribution is 2.43. The number of urea groups is 1. The molecule has 29 heavy (non-hydrogen) atoms. The van der Waals surface area contributed by atoms with E-state index in [0.717, 1.165) is 0 Å². The summed E-state index contributed by atoms with van der Waals surface area (Å²) in [4.78, 5) is 36.3. The quantitative estimate of drug-likeness (QED) is 0.645. The SMILES string of the molecule is C[C@@]1(c2cccc(NC(=O)c3ccc(C4SCCCS4)cc3)c2)NC(=O)NC1=O. The number of nitrogens with one attached hydrogen (secondary N) is 3. The van der Waals surface area contributed by atoms with Crippen LogP contribution in [0.15, 0.2) is 48.5 Å². The molecule has 8 heteroatoms. The Hall–Kier alpha value is -2.45. The van der Waals surface area contributed by atoms with Gasteiger partial charge in [0.05, 0.1) is 4.58 Å². The lowest BCUT2D eigenvalue weighted by atomic mass is 9.92. The zero-order valence-electron chi connectivity index (χ0n) is 15.9. The fraction of sp³-hybridized carbons (Fsp3) is 0.286. The van der Waals surface area contributed by atoms with Crippen molar-refractivity contribution in [3.63, 3.8) is 0 Å². The Kier molecular flexibility index (Phi) is 5.56. The average molecular weight is 428 g/mol. The summed E-state index contributed by atoms with van der Waals surface area (Å²) in [6, 6.07) is 14.1. The molecule has 0 bridgehead atoms. The molecule has 0 aliphatic carbocycles. The Morgan fingerprint density at radius 3 is 2.48 bits per heavy atom. The van der Waals surface area contributed by atoms with Crippen LogP contribution < -0.4 is 16.0 Å². The number of amides is 4. The summed E-state index contributed by atoms with van der Waals surface area (Å²) in [6.45, 7) is 1.63. The van der Waals surface area contributed by atoms with Gasteiger partial charge in [0, 0.05) is 11.3 Å². The molecule has 150 valence electrons. The molecule has 1 atom stereocenters. The molecule has 0 spiro atoms. The number of thioether (sulfide) groups is 2. The van der Waals surface area contributed by atoms with Crippen LogP contribution in [0.5, 0.6) is 0 Å². The monoisotopic (exact) mass is 427 g/mol. The molecular weight excluding hydrogens is 406 g/mol. The molecule has 2 aromatic carbocycles. The summed E-state index contributed by atoms with van der Waals surface area (Å²) in [6.07, 6.45) is 1.25. The van der Waals surface area contributed by atoms with Gasteiger partial charge in [-0.3, -0.25) is 14.9 Å². The van der Waals surface area contributed by atoms with Crippen LogP contribution in [0.1, 0.15) is 39.4 Å². The van der Waals surface area contributed by atoms with E-state index >= 15 is 0 Å². The normalized spacial score (nSPS) is 22.1. The number of anilines is 1. The van der Waals surface area contributed by atoms with Crippen molar-refractivity contribution in [3.8, 4) is 0 Å². The van der Waals surface area contributed by atoms with Crippen molar-refractivity contribution < 1.29 is 14.4 Å². The van der Waals surface area contributed by atoms with Crippen LogP contribution in [0.2, 0.25) is 0 Å². The molecule has 0 unspecified atom stereocenters. The molecule has 2 fully saturated rings. The van der Waals surface area contributed by atoms with E-state index in [2.05, 4.69) is 16.0 Å². The van der Waals surface area contributed by atoms with E-state index < -0.39 is 17.5 Å². The lowest BCUT2D eigenvalue weighted by Crippen LogP contribution is -2.40. The molecule has 2 aliphatic rings. The van der Waals surface area contributed by atoms with Gasteiger partial charge in [-0.05, 0) is 60.2 Å². The van der Waals surface area contributed by atoms with Crippen LogP contribution in [0.3, 0.4) is 0 Å². The van der Waals surface area contributed by atoms with Gasteiger partial charge in [0.25, 0.3) is 11.8 Å². The molecule has 2 aliphatic heterocycles. The van der Waals surface area contributed by atoms with E-state index in [1.165, 1.54) is 23.5 Å². The second kappa shape index (κ2) is 8.12. The van der Waals surface area contributed by atoms with Crippen LogP contribution in [0.4, 0.5) is 10.5 Å². The number of carbonyl (C=O) groups is 3. The summed E-state index contributed by atoms with van der Waals surface area (Å²) in [5.41, 5.74) is 1.80. The lowest BCUT2D eigenvalue weighted by Gasteiger charge is -2.22. The van der Waals surface area contributed by atoms with E-state index in [-0.39, 0.29) is 5.91 Å². The summed E-state index contributed by atoms with van der Waals surface area (Å²) >= 11 is 3.89. The second-order valence-corrected chi connectivity index (χ2v) is 9.84. The van der Waals surface area contributed by atoms with Crippen LogP contribution in [0, 0.1) is 0 Å². The maximum Gasteiger partial charge on any atom is 0.322 e. The standard InChI is InChI=1S/C21H21N3O3S2/c1-21(19(26)23-20(27)24-21)15-4-2-5-16(12-15)22-17(25)13-6-8-14(9-7-13)18-28-10-3-11-29-18/h2,4-9,12,18H,3,10-11H2,1H3,(H,22,25)(H2,23,24,26,27)/t21-/m0/s1. The van der Waals surface area contributed by atoms with Gasteiger partial charge >= 0.3 is 6.03 Å². The predicted molar refractivity (Wildman–Crippen MR) is 117 cm³/mol. The maximum absolute atomic E-state index is 12.7. The Morgan fingerprint density at radius 1 is 1.10 bits per heavy atom. The highest BCUT2D eigenvalue weighted by Gasteiger charge is 2.43. The average Bonchev–Trinajstić information content (AvgIpc) is 3.01. The lowest BCUT2D eigenvalue weighted by molar-refractivity contribution is -0.123. The van der Waals surface area contributed by atoms with Gasteiger partial charge in [-0.25, -0.2) is 4.79 Å². The van der Waals surface area contributed by atoms with Gasteiger partial charge < -0.3 is 10.6 Å². The van der Waals surface area contributed by atoms with Crippen molar-refractivity contribution in [1.82, 2.24) is 10.6 Å². The molecule has 4 rings (SSSR count). The largest absolute Gasteiger partial charge is 0.322 e. The third kappa shape index (κ3) is 4.13. The number of imide groups is 1. The number of benzene rings is 2. The molecule has 0 saturated carbocycles. The third-order valence-corrected chi connectivity index (χ3v) is 8.03. The van der Waals surface area contributed by atoms with Crippen molar-refractivity contribution in [2.75, 3.05) is 16.8 Å². The minimum atomic E-state index is -1.16. The van der Waals surface area contributed by atoms with Crippen LogP contribution in [-0.4, -0.2) is 29.4 Å². The summed E-state index contributed by atoms with van der Waals surface area (Å²) in [5, 5.41) is 7.74. The fourth-order valence-corrected chi connectivity index (χ4v) is 6.22. The third-order valence-electron chi connectivity index (χ3n) is 5.01. The maximum atomic E-state index is 12.7. The second-order valence-electron chi connectivity index (χ2n) is 7.12. The van der Waals surface area contributed by atoms with E-state index in [9.17, 15) is 14.4 Å². The smallest absolute Gasteiger partial charge is 0.322 e. The van der Waals surface area contributed by atoms with Crippen LogP contribution >= 0.6 is 23.5 Å². The van der Waals surface area contributed by atoms with Gasteiger partial charge in [0.1, 0.15) is 5.54 Å².